The van der Waals surface area contributed by atoms with Crippen molar-refractivity contribution in [3.63, 3.8) is 0 Å². The molecule has 1 fully saturated rings. The lowest BCUT2D eigenvalue weighted by molar-refractivity contribution is -0.150. The van der Waals surface area contributed by atoms with Gasteiger partial charge in [-0.05, 0) is 76.2 Å². The fraction of sp³-hybridized carbons (Fsp3) is 0.955. The quantitative estimate of drug-likeness (QED) is 0.0483. The van der Waals surface area contributed by atoms with Gasteiger partial charge in [-0.1, -0.05) is 156 Å². The number of ether oxygens (including phenoxy) is 2. The van der Waals surface area contributed by atoms with Gasteiger partial charge < -0.3 is 14.4 Å². The van der Waals surface area contributed by atoms with Gasteiger partial charge in [-0.2, -0.15) is 0 Å². The highest BCUT2D eigenvalue weighted by molar-refractivity contribution is 5.69. The highest BCUT2D eigenvalue weighted by Crippen LogP contribution is 2.32. The van der Waals surface area contributed by atoms with Gasteiger partial charge in [0.25, 0.3) is 0 Å². The molecule has 2 unspecified atom stereocenters. The zero-order chi connectivity index (χ0) is 35.6. The van der Waals surface area contributed by atoms with Crippen molar-refractivity contribution in [3.05, 3.63) is 0 Å². The number of esters is 2. The number of unbranched alkanes of at least 4 members (excludes halogenated alkanes) is 20. The number of hydrogen-bond acceptors (Lipinski definition) is 5. The van der Waals surface area contributed by atoms with E-state index in [4.69, 9.17) is 9.47 Å². The monoisotopic (exact) mass is 692 g/mol. The summed E-state index contributed by atoms with van der Waals surface area (Å²) in [6.07, 6.45) is 36.9. The second kappa shape index (κ2) is 34.0. The van der Waals surface area contributed by atoms with Crippen molar-refractivity contribution in [1.29, 1.82) is 0 Å². The number of carbonyl (C=O) groups excluding carboxylic acids is 2. The van der Waals surface area contributed by atoms with E-state index in [1.54, 1.807) is 0 Å². The highest BCUT2D eigenvalue weighted by Gasteiger charge is 2.31. The van der Waals surface area contributed by atoms with E-state index in [9.17, 15) is 9.59 Å². The molecule has 1 saturated heterocycles. The Hall–Kier alpha value is -1.10. The standard InChI is InChI=1S/C44H85NO4/c1-5-9-12-15-18-19-20-23-29-37-48-43(46)36-30-32-41-39-45(8-4)38-40(41)31-25-24-28-35-44(47)49-42(33-26-21-16-13-10-6-2)34-27-22-17-14-11-7-3/h40-42H,5-39H2,1-4H3. The van der Waals surface area contributed by atoms with Crippen molar-refractivity contribution in [2.45, 2.75) is 233 Å². The molecule has 1 aliphatic rings. The second-order valence-electron chi connectivity index (χ2n) is 15.6. The van der Waals surface area contributed by atoms with Crippen LogP contribution in [-0.4, -0.2) is 49.2 Å². The van der Waals surface area contributed by atoms with E-state index in [-0.39, 0.29) is 18.0 Å². The van der Waals surface area contributed by atoms with Crippen LogP contribution in [0, 0.1) is 11.8 Å². The first-order valence-corrected chi connectivity index (χ1v) is 22.1. The molecule has 0 aromatic heterocycles. The third-order valence-corrected chi connectivity index (χ3v) is 11.1. The van der Waals surface area contributed by atoms with Crippen LogP contribution < -0.4 is 0 Å². The van der Waals surface area contributed by atoms with Crippen LogP contribution in [-0.2, 0) is 19.1 Å². The van der Waals surface area contributed by atoms with Gasteiger partial charge in [-0.3, -0.25) is 9.59 Å². The van der Waals surface area contributed by atoms with E-state index < -0.39 is 0 Å². The topological polar surface area (TPSA) is 55.8 Å². The van der Waals surface area contributed by atoms with E-state index in [1.807, 2.05) is 0 Å². The molecule has 1 rings (SSSR count). The Kier molecular flexibility index (Phi) is 31.9. The third kappa shape index (κ3) is 27.3. The van der Waals surface area contributed by atoms with Gasteiger partial charge in [0, 0.05) is 25.9 Å². The zero-order valence-electron chi connectivity index (χ0n) is 33.6. The van der Waals surface area contributed by atoms with Crippen LogP contribution in [0.2, 0.25) is 0 Å². The average Bonchev–Trinajstić information content (AvgIpc) is 3.50. The van der Waals surface area contributed by atoms with Crippen LogP contribution in [0.3, 0.4) is 0 Å². The maximum absolute atomic E-state index is 12.8. The summed E-state index contributed by atoms with van der Waals surface area (Å²) in [4.78, 5) is 27.8. The molecule has 0 aromatic rings. The van der Waals surface area contributed by atoms with Crippen molar-refractivity contribution in [3.8, 4) is 0 Å². The molecule has 0 radical (unpaired) electrons. The predicted molar refractivity (Wildman–Crippen MR) is 210 cm³/mol. The lowest BCUT2D eigenvalue weighted by Crippen LogP contribution is -2.20. The van der Waals surface area contributed by atoms with Crippen LogP contribution in [0.25, 0.3) is 0 Å². The Bertz CT molecular complexity index is 726. The summed E-state index contributed by atoms with van der Waals surface area (Å²) in [5, 5.41) is 0. The largest absolute Gasteiger partial charge is 0.466 e. The van der Waals surface area contributed by atoms with Gasteiger partial charge in [0.05, 0.1) is 6.61 Å². The lowest BCUT2D eigenvalue weighted by atomic mass is 9.87. The van der Waals surface area contributed by atoms with Gasteiger partial charge >= 0.3 is 11.9 Å². The molecule has 0 aliphatic carbocycles. The first-order valence-electron chi connectivity index (χ1n) is 22.1. The average molecular weight is 692 g/mol. The van der Waals surface area contributed by atoms with Gasteiger partial charge in [-0.15, -0.1) is 0 Å². The Balaban J connectivity index is 2.25. The molecule has 1 aliphatic heterocycles. The first-order chi connectivity index (χ1) is 24.0. The summed E-state index contributed by atoms with van der Waals surface area (Å²) >= 11 is 0. The Morgan fingerprint density at radius 2 is 0.939 bits per heavy atom. The third-order valence-electron chi connectivity index (χ3n) is 11.1. The molecule has 0 N–H and O–H groups in total. The molecular weight excluding hydrogens is 606 g/mol. The maximum atomic E-state index is 12.8. The minimum absolute atomic E-state index is 0.00506. The molecule has 0 aromatic carbocycles. The maximum Gasteiger partial charge on any atom is 0.306 e. The summed E-state index contributed by atoms with van der Waals surface area (Å²) < 4.78 is 11.6. The Morgan fingerprint density at radius 1 is 0.510 bits per heavy atom. The minimum Gasteiger partial charge on any atom is -0.466 e. The molecule has 0 amide bonds. The summed E-state index contributed by atoms with van der Waals surface area (Å²) in [6.45, 7) is 13.1. The van der Waals surface area contributed by atoms with Crippen LogP contribution in [0.1, 0.15) is 227 Å². The molecule has 5 nitrogen and oxygen atoms in total. The lowest BCUT2D eigenvalue weighted by Gasteiger charge is -2.19. The molecule has 1 heterocycles. The van der Waals surface area contributed by atoms with Gasteiger partial charge in [0.2, 0.25) is 0 Å². The van der Waals surface area contributed by atoms with Crippen LogP contribution in [0.5, 0.6) is 0 Å². The number of carbonyl (C=O) groups is 2. The summed E-state index contributed by atoms with van der Waals surface area (Å²) in [7, 11) is 0. The van der Waals surface area contributed by atoms with Gasteiger partial charge in [-0.25, -0.2) is 0 Å². The molecule has 2 atom stereocenters. The normalized spacial score (nSPS) is 16.5. The summed E-state index contributed by atoms with van der Waals surface area (Å²) in [5.41, 5.74) is 0. The van der Waals surface area contributed by atoms with E-state index in [0.29, 0.717) is 31.3 Å². The molecule has 0 spiro atoms. The van der Waals surface area contributed by atoms with Crippen LogP contribution in [0.4, 0.5) is 0 Å². The second-order valence-corrected chi connectivity index (χ2v) is 15.6. The molecule has 0 bridgehead atoms. The smallest absolute Gasteiger partial charge is 0.306 e. The van der Waals surface area contributed by atoms with E-state index in [2.05, 4.69) is 32.6 Å². The molecular formula is C44H85NO4. The molecule has 0 saturated carbocycles. The summed E-state index contributed by atoms with van der Waals surface area (Å²) in [5.74, 6) is 1.42. The number of rotatable bonds is 36. The van der Waals surface area contributed by atoms with Gasteiger partial charge in [0.15, 0.2) is 0 Å². The SMILES string of the molecule is CCCCCCCCCCCOC(=O)CCCC1CN(CC)CC1CCCCCC(=O)OC(CCCCCCCC)CCCCCCCC. The Labute approximate surface area is 306 Å². The van der Waals surface area contributed by atoms with Crippen LogP contribution >= 0.6 is 0 Å². The number of hydrogen-bond donors (Lipinski definition) is 0. The van der Waals surface area contributed by atoms with E-state index >= 15 is 0 Å². The fourth-order valence-corrected chi connectivity index (χ4v) is 7.79. The van der Waals surface area contributed by atoms with Crippen molar-refractivity contribution in [2.75, 3.05) is 26.2 Å². The number of likely N-dealkylation sites (tertiary alicyclic amines) is 1. The number of nitrogens with zero attached hydrogens (tertiary/aromatic N) is 1. The van der Waals surface area contributed by atoms with Crippen LogP contribution in [0.15, 0.2) is 0 Å². The summed E-state index contributed by atoms with van der Waals surface area (Å²) in [6, 6.07) is 0. The molecule has 290 valence electrons. The van der Waals surface area contributed by atoms with Crippen molar-refractivity contribution in [2.24, 2.45) is 11.8 Å². The van der Waals surface area contributed by atoms with Crippen molar-refractivity contribution >= 4 is 11.9 Å². The Morgan fingerprint density at radius 3 is 1.45 bits per heavy atom. The predicted octanol–water partition coefficient (Wildman–Crippen LogP) is 13.2. The zero-order valence-corrected chi connectivity index (χ0v) is 33.6. The first kappa shape index (κ1) is 45.9. The van der Waals surface area contributed by atoms with Gasteiger partial charge in [0.1, 0.15) is 6.10 Å². The van der Waals surface area contributed by atoms with Crippen molar-refractivity contribution in [1.82, 2.24) is 4.90 Å². The van der Waals surface area contributed by atoms with E-state index in [0.717, 1.165) is 51.5 Å². The molecule has 49 heavy (non-hydrogen) atoms. The fourth-order valence-electron chi connectivity index (χ4n) is 7.79. The van der Waals surface area contributed by atoms with Crippen molar-refractivity contribution < 1.29 is 19.1 Å². The highest BCUT2D eigenvalue weighted by atomic mass is 16.5. The minimum atomic E-state index is -0.00506. The van der Waals surface area contributed by atoms with E-state index in [1.165, 1.54) is 154 Å². The molecule has 5 heteroatoms.